The summed E-state index contributed by atoms with van der Waals surface area (Å²) >= 11 is 0. The Morgan fingerprint density at radius 2 is 2.00 bits per heavy atom. The molecule has 2 atom stereocenters. The maximum Gasteiger partial charge on any atom is 0.317 e. The summed E-state index contributed by atoms with van der Waals surface area (Å²) in [5, 5.41) is 12.1. The maximum atomic E-state index is 12.3. The second-order valence-electron chi connectivity index (χ2n) is 6.13. The molecule has 2 fully saturated rings. The van der Waals surface area contributed by atoms with Crippen molar-refractivity contribution in [1.82, 2.24) is 10.2 Å². The van der Waals surface area contributed by atoms with E-state index in [0.717, 1.165) is 51.5 Å². The number of carbonyl (C=O) groups is 2. The number of amides is 2. The number of nitrogens with one attached hydrogen (secondary N) is 1. The smallest absolute Gasteiger partial charge is 0.317 e. The van der Waals surface area contributed by atoms with Crippen LogP contribution in [0.25, 0.3) is 0 Å². The number of aliphatic carboxylic acids is 1. The zero-order chi connectivity index (χ0) is 14.5. The Hall–Kier alpha value is -1.26. The van der Waals surface area contributed by atoms with Gasteiger partial charge in [0, 0.05) is 18.6 Å². The molecule has 2 aliphatic rings. The molecule has 20 heavy (non-hydrogen) atoms. The summed E-state index contributed by atoms with van der Waals surface area (Å²) in [5.74, 6) is -1.02. The van der Waals surface area contributed by atoms with Gasteiger partial charge in [0.15, 0.2) is 0 Å². The molecule has 0 saturated heterocycles. The Morgan fingerprint density at radius 1 is 1.25 bits per heavy atom. The predicted octanol–water partition coefficient (Wildman–Crippen LogP) is 2.60. The SMILES string of the molecule is CCCCN(C(=O)NC1CCCC(C(=O)O)C1)C1CC1. The fourth-order valence-corrected chi connectivity index (χ4v) is 2.97. The van der Waals surface area contributed by atoms with Gasteiger partial charge in [-0.1, -0.05) is 19.8 Å². The highest BCUT2D eigenvalue weighted by Gasteiger charge is 2.34. The molecule has 5 heteroatoms. The van der Waals surface area contributed by atoms with Gasteiger partial charge in [-0.25, -0.2) is 4.79 Å². The normalized spacial score (nSPS) is 26.1. The van der Waals surface area contributed by atoms with Crippen molar-refractivity contribution in [2.45, 2.75) is 70.4 Å². The molecule has 5 nitrogen and oxygen atoms in total. The van der Waals surface area contributed by atoms with E-state index < -0.39 is 5.97 Å². The van der Waals surface area contributed by atoms with Gasteiger partial charge in [0.05, 0.1) is 5.92 Å². The average Bonchev–Trinajstić information content (AvgIpc) is 3.24. The third kappa shape index (κ3) is 4.12. The van der Waals surface area contributed by atoms with Crippen LogP contribution in [0.5, 0.6) is 0 Å². The summed E-state index contributed by atoms with van der Waals surface area (Å²) in [4.78, 5) is 25.4. The molecule has 0 aliphatic heterocycles. The van der Waals surface area contributed by atoms with E-state index in [1.807, 2.05) is 4.90 Å². The van der Waals surface area contributed by atoms with Crippen LogP contribution in [-0.2, 0) is 4.79 Å². The topological polar surface area (TPSA) is 69.6 Å². The largest absolute Gasteiger partial charge is 0.481 e. The second-order valence-corrected chi connectivity index (χ2v) is 6.13. The Balaban J connectivity index is 1.84. The molecule has 0 spiro atoms. The highest BCUT2D eigenvalue weighted by Crippen LogP contribution is 2.28. The van der Waals surface area contributed by atoms with Crippen LogP contribution in [0.1, 0.15) is 58.3 Å². The Bertz CT molecular complexity index is 355. The Kier molecular flexibility index (Phi) is 5.26. The number of urea groups is 1. The number of hydrogen-bond donors (Lipinski definition) is 2. The van der Waals surface area contributed by atoms with E-state index in [9.17, 15) is 9.59 Å². The van der Waals surface area contributed by atoms with Crippen LogP contribution >= 0.6 is 0 Å². The van der Waals surface area contributed by atoms with Crippen molar-refractivity contribution in [2.24, 2.45) is 5.92 Å². The van der Waals surface area contributed by atoms with Gasteiger partial charge in [0.1, 0.15) is 0 Å². The van der Waals surface area contributed by atoms with E-state index in [1.54, 1.807) is 0 Å². The van der Waals surface area contributed by atoms with Crippen LogP contribution in [0.3, 0.4) is 0 Å². The van der Waals surface area contributed by atoms with Gasteiger partial charge in [-0.2, -0.15) is 0 Å². The van der Waals surface area contributed by atoms with Gasteiger partial charge in [-0.3, -0.25) is 4.79 Å². The van der Waals surface area contributed by atoms with E-state index in [2.05, 4.69) is 12.2 Å². The van der Waals surface area contributed by atoms with Gasteiger partial charge in [-0.05, 0) is 38.5 Å². The third-order valence-corrected chi connectivity index (χ3v) is 4.35. The van der Waals surface area contributed by atoms with Gasteiger partial charge in [-0.15, -0.1) is 0 Å². The predicted molar refractivity (Wildman–Crippen MR) is 76.5 cm³/mol. The lowest BCUT2D eigenvalue weighted by atomic mass is 9.86. The number of hydrogen-bond acceptors (Lipinski definition) is 2. The van der Waals surface area contributed by atoms with Crippen molar-refractivity contribution < 1.29 is 14.7 Å². The Morgan fingerprint density at radius 3 is 2.60 bits per heavy atom. The summed E-state index contributed by atoms with van der Waals surface area (Å²) < 4.78 is 0. The van der Waals surface area contributed by atoms with Crippen LogP contribution in [-0.4, -0.2) is 40.6 Å². The highest BCUT2D eigenvalue weighted by atomic mass is 16.4. The molecule has 0 heterocycles. The number of nitrogens with zero attached hydrogens (tertiary/aromatic N) is 1. The molecule has 2 rings (SSSR count). The van der Waals surface area contributed by atoms with E-state index in [1.165, 1.54) is 0 Å². The molecule has 0 aromatic rings. The standard InChI is InChI=1S/C15H26N2O3/c1-2-3-9-17(13-7-8-13)15(20)16-12-6-4-5-11(10-12)14(18)19/h11-13H,2-10H2,1H3,(H,16,20)(H,18,19). The summed E-state index contributed by atoms with van der Waals surface area (Å²) in [7, 11) is 0. The first kappa shape index (κ1) is 15.1. The first-order valence-electron chi connectivity index (χ1n) is 7.91. The summed E-state index contributed by atoms with van der Waals surface area (Å²) in [6.45, 7) is 2.95. The molecule has 114 valence electrons. The van der Waals surface area contributed by atoms with Crippen LogP contribution < -0.4 is 5.32 Å². The van der Waals surface area contributed by atoms with Crippen molar-refractivity contribution in [3.05, 3.63) is 0 Å². The highest BCUT2D eigenvalue weighted by molar-refractivity contribution is 5.75. The third-order valence-electron chi connectivity index (χ3n) is 4.35. The minimum absolute atomic E-state index is 0.0111. The Labute approximate surface area is 120 Å². The van der Waals surface area contributed by atoms with Crippen LogP contribution in [0, 0.1) is 5.92 Å². The first-order chi connectivity index (χ1) is 9.61. The van der Waals surface area contributed by atoms with Crippen molar-refractivity contribution in [2.75, 3.05) is 6.54 Å². The lowest BCUT2D eigenvalue weighted by molar-refractivity contribution is -0.143. The molecule has 2 amide bonds. The molecule has 2 aliphatic carbocycles. The fraction of sp³-hybridized carbons (Fsp3) is 0.867. The number of carboxylic acids is 1. The lowest BCUT2D eigenvalue weighted by Crippen LogP contribution is -2.48. The molecule has 2 saturated carbocycles. The number of carboxylic acid groups (broad SMARTS) is 1. The zero-order valence-electron chi connectivity index (χ0n) is 12.3. The molecular formula is C15H26N2O3. The van der Waals surface area contributed by atoms with Crippen molar-refractivity contribution in [1.29, 1.82) is 0 Å². The molecule has 0 aromatic carbocycles. The summed E-state index contributed by atoms with van der Waals surface area (Å²) in [6, 6.07) is 0.456. The van der Waals surface area contributed by atoms with E-state index in [-0.39, 0.29) is 18.0 Å². The fourth-order valence-electron chi connectivity index (χ4n) is 2.97. The van der Waals surface area contributed by atoms with Gasteiger partial charge >= 0.3 is 12.0 Å². The number of carbonyl (C=O) groups excluding carboxylic acids is 1. The van der Waals surface area contributed by atoms with Crippen LogP contribution in [0.4, 0.5) is 4.79 Å². The molecule has 0 radical (unpaired) electrons. The molecular weight excluding hydrogens is 256 g/mol. The van der Waals surface area contributed by atoms with Crippen molar-refractivity contribution >= 4 is 12.0 Å². The second kappa shape index (κ2) is 6.95. The number of rotatable bonds is 6. The lowest BCUT2D eigenvalue weighted by Gasteiger charge is -2.30. The van der Waals surface area contributed by atoms with E-state index in [4.69, 9.17) is 5.11 Å². The average molecular weight is 282 g/mol. The molecule has 0 bridgehead atoms. The summed E-state index contributed by atoms with van der Waals surface area (Å²) in [5.41, 5.74) is 0. The molecule has 2 N–H and O–H groups in total. The van der Waals surface area contributed by atoms with Crippen LogP contribution in [0.2, 0.25) is 0 Å². The quantitative estimate of drug-likeness (QED) is 0.786. The molecule has 2 unspecified atom stereocenters. The summed E-state index contributed by atoms with van der Waals surface area (Å²) in [6.07, 6.45) is 7.45. The minimum Gasteiger partial charge on any atom is -0.481 e. The van der Waals surface area contributed by atoms with Gasteiger partial charge < -0.3 is 15.3 Å². The zero-order valence-corrected chi connectivity index (χ0v) is 12.3. The first-order valence-corrected chi connectivity index (χ1v) is 7.91. The minimum atomic E-state index is -0.728. The maximum absolute atomic E-state index is 12.3. The monoisotopic (exact) mass is 282 g/mol. The molecule has 0 aromatic heterocycles. The van der Waals surface area contributed by atoms with Crippen molar-refractivity contribution in [3.8, 4) is 0 Å². The van der Waals surface area contributed by atoms with Gasteiger partial charge in [0.25, 0.3) is 0 Å². The van der Waals surface area contributed by atoms with E-state index in [0.29, 0.717) is 12.5 Å². The van der Waals surface area contributed by atoms with Gasteiger partial charge in [0.2, 0.25) is 0 Å². The van der Waals surface area contributed by atoms with Crippen molar-refractivity contribution in [3.63, 3.8) is 0 Å². The van der Waals surface area contributed by atoms with E-state index >= 15 is 0 Å². The number of unbranched alkanes of at least 4 members (excludes halogenated alkanes) is 1. The van der Waals surface area contributed by atoms with Crippen LogP contribution in [0.15, 0.2) is 0 Å².